The summed E-state index contributed by atoms with van der Waals surface area (Å²) >= 11 is 0. The lowest BCUT2D eigenvalue weighted by molar-refractivity contribution is -0.577. The molecule has 19 heavy (non-hydrogen) atoms. The fraction of sp³-hybridized carbons (Fsp3) is 0.0625. The van der Waals surface area contributed by atoms with Crippen LogP contribution in [0.3, 0.4) is 0 Å². The van der Waals surface area contributed by atoms with E-state index in [0.717, 1.165) is 21.4 Å². The van der Waals surface area contributed by atoms with Gasteiger partial charge in [-0.25, -0.2) is 0 Å². The molecule has 0 aliphatic rings. The number of pyridine rings is 1. The number of rotatable bonds is 3. The third-order valence-corrected chi connectivity index (χ3v) is 3.01. The summed E-state index contributed by atoms with van der Waals surface area (Å²) in [5, 5.41) is 12.5. The molecule has 2 aromatic carbocycles. The van der Waals surface area contributed by atoms with Crippen molar-refractivity contribution >= 4 is 10.9 Å². The van der Waals surface area contributed by atoms with Gasteiger partial charge >= 0.3 is 0 Å². The van der Waals surface area contributed by atoms with Gasteiger partial charge in [0.15, 0.2) is 6.20 Å². The highest BCUT2D eigenvalue weighted by atomic mass is 16.5. The number of hydrogen-bond donors (Lipinski definition) is 0. The molecule has 0 saturated heterocycles. The second-order valence-corrected chi connectivity index (χ2v) is 4.30. The molecule has 0 fully saturated rings. The van der Waals surface area contributed by atoms with Crippen molar-refractivity contribution < 1.29 is 9.47 Å². The zero-order chi connectivity index (χ0) is 13.1. The topological polar surface area (TPSA) is 36.2 Å². The molecular formula is C16H13NO2. The Balaban J connectivity index is 1.91. The molecule has 0 saturated carbocycles. The van der Waals surface area contributed by atoms with Crippen molar-refractivity contribution in [2.75, 3.05) is 0 Å². The van der Waals surface area contributed by atoms with Gasteiger partial charge in [-0.1, -0.05) is 42.5 Å². The number of nitrogens with zero attached hydrogens (tertiary/aromatic N) is 1. The first kappa shape index (κ1) is 11.5. The minimum absolute atomic E-state index is 0.494. The van der Waals surface area contributed by atoms with E-state index < -0.39 is 0 Å². The van der Waals surface area contributed by atoms with Gasteiger partial charge in [0.2, 0.25) is 5.52 Å². The fourth-order valence-electron chi connectivity index (χ4n) is 2.04. The Labute approximate surface area is 111 Å². The summed E-state index contributed by atoms with van der Waals surface area (Å²) in [4.78, 5) is 0. The maximum atomic E-state index is 11.7. The van der Waals surface area contributed by atoms with Gasteiger partial charge in [0.05, 0.1) is 5.39 Å². The van der Waals surface area contributed by atoms with Gasteiger partial charge in [0, 0.05) is 12.1 Å². The van der Waals surface area contributed by atoms with Gasteiger partial charge in [0.25, 0.3) is 0 Å². The smallest absolute Gasteiger partial charge is 0.227 e. The van der Waals surface area contributed by atoms with Crippen molar-refractivity contribution in [2.24, 2.45) is 0 Å². The molecule has 3 nitrogen and oxygen atoms in total. The van der Waals surface area contributed by atoms with Gasteiger partial charge in [-0.2, -0.15) is 4.73 Å². The molecule has 1 heterocycles. The first-order valence-corrected chi connectivity index (χ1v) is 6.12. The lowest BCUT2D eigenvalue weighted by Gasteiger charge is -2.09. The number of fused-ring (bicyclic) bond motifs is 1. The van der Waals surface area contributed by atoms with Crippen LogP contribution in [0.25, 0.3) is 10.9 Å². The van der Waals surface area contributed by atoms with Gasteiger partial charge in [0.1, 0.15) is 12.4 Å². The highest BCUT2D eigenvalue weighted by molar-refractivity contribution is 5.82. The largest absolute Gasteiger partial charge is 0.618 e. The molecular weight excluding hydrogens is 238 g/mol. The number of hydrogen-bond acceptors (Lipinski definition) is 2. The lowest BCUT2D eigenvalue weighted by atomic mass is 10.2. The molecule has 3 rings (SSSR count). The Bertz CT molecular complexity index is 695. The molecule has 94 valence electrons. The van der Waals surface area contributed by atoms with E-state index in [9.17, 15) is 5.21 Å². The van der Waals surface area contributed by atoms with Gasteiger partial charge < -0.3 is 9.94 Å². The summed E-state index contributed by atoms with van der Waals surface area (Å²) in [6, 6.07) is 19.1. The minimum atomic E-state index is 0.494. The van der Waals surface area contributed by atoms with Gasteiger partial charge in [-0.05, 0) is 11.6 Å². The first-order valence-electron chi connectivity index (χ1n) is 6.12. The van der Waals surface area contributed by atoms with Crippen LogP contribution < -0.4 is 9.47 Å². The van der Waals surface area contributed by atoms with Crippen LogP contribution in [-0.4, -0.2) is 0 Å². The van der Waals surface area contributed by atoms with E-state index in [2.05, 4.69) is 0 Å². The predicted molar refractivity (Wildman–Crippen MR) is 73.7 cm³/mol. The summed E-state index contributed by atoms with van der Waals surface area (Å²) in [6.07, 6.45) is 1.47. The van der Waals surface area contributed by atoms with E-state index in [1.165, 1.54) is 6.20 Å². The number of para-hydroxylation sites is 1. The monoisotopic (exact) mass is 251 g/mol. The molecule has 0 amide bonds. The maximum absolute atomic E-state index is 11.7. The third kappa shape index (κ3) is 2.36. The normalized spacial score (nSPS) is 10.5. The molecule has 0 spiro atoms. The van der Waals surface area contributed by atoms with Crippen LogP contribution >= 0.6 is 0 Å². The van der Waals surface area contributed by atoms with E-state index >= 15 is 0 Å². The molecule has 1 aromatic heterocycles. The Morgan fingerprint density at radius 3 is 2.47 bits per heavy atom. The number of ether oxygens (including phenoxy) is 1. The Morgan fingerprint density at radius 1 is 0.895 bits per heavy atom. The van der Waals surface area contributed by atoms with Crippen molar-refractivity contribution in [3.8, 4) is 5.75 Å². The maximum Gasteiger partial charge on any atom is 0.227 e. The molecule has 3 heteroatoms. The van der Waals surface area contributed by atoms with Crippen LogP contribution in [0.2, 0.25) is 0 Å². The molecule has 0 bridgehead atoms. The van der Waals surface area contributed by atoms with Crippen LogP contribution in [0.1, 0.15) is 5.56 Å². The van der Waals surface area contributed by atoms with Crippen LogP contribution in [0.4, 0.5) is 0 Å². The number of aromatic nitrogens is 1. The second-order valence-electron chi connectivity index (χ2n) is 4.30. The van der Waals surface area contributed by atoms with Crippen LogP contribution in [-0.2, 0) is 6.61 Å². The second kappa shape index (κ2) is 4.98. The van der Waals surface area contributed by atoms with Gasteiger partial charge in [-0.3, -0.25) is 0 Å². The standard InChI is InChI=1S/C16H13NO2/c18-17-11-10-16(14-8-4-5-9-15(14)17)19-12-13-6-2-1-3-7-13/h1-11H,12H2. The summed E-state index contributed by atoms with van der Waals surface area (Å²) in [6.45, 7) is 0.494. The average molecular weight is 251 g/mol. The average Bonchev–Trinajstić information content (AvgIpc) is 2.48. The third-order valence-electron chi connectivity index (χ3n) is 3.01. The van der Waals surface area contributed by atoms with Crippen LogP contribution in [0.15, 0.2) is 66.9 Å². The summed E-state index contributed by atoms with van der Waals surface area (Å²) in [7, 11) is 0. The van der Waals surface area contributed by atoms with Crippen molar-refractivity contribution in [2.45, 2.75) is 6.61 Å². The predicted octanol–water partition coefficient (Wildman–Crippen LogP) is 3.05. The highest BCUT2D eigenvalue weighted by Gasteiger charge is 2.08. The van der Waals surface area contributed by atoms with Crippen LogP contribution in [0, 0.1) is 5.21 Å². The minimum Gasteiger partial charge on any atom is -0.618 e. The Morgan fingerprint density at radius 2 is 1.63 bits per heavy atom. The quantitative estimate of drug-likeness (QED) is 0.530. The first-order chi connectivity index (χ1) is 9.34. The van der Waals surface area contributed by atoms with Crippen LogP contribution in [0.5, 0.6) is 5.75 Å². The van der Waals surface area contributed by atoms with Gasteiger partial charge in [-0.15, -0.1) is 0 Å². The molecule has 3 aromatic rings. The molecule has 0 N–H and O–H groups in total. The van der Waals surface area contributed by atoms with E-state index in [-0.39, 0.29) is 0 Å². The van der Waals surface area contributed by atoms with E-state index in [1.54, 1.807) is 12.1 Å². The molecule has 0 aliphatic carbocycles. The summed E-state index contributed by atoms with van der Waals surface area (Å²) in [5.41, 5.74) is 1.72. The van der Waals surface area contributed by atoms with E-state index in [1.807, 2.05) is 48.5 Å². The summed E-state index contributed by atoms with van der Waals surface area (Å²) in [5.74, 6) is 0.728. The van der Waals surface area contributed by atoms with Crippen molar-refractivity contribution in [1.29, 1.82) is 0 Å². The SMILES string of the molecule is [O-][n+]1ccc(OCc2ccccc2)c2ccccc21. The summed E-state index contributed by atoms with van der Waals surface area (Å²) < 4.78 is 6.66. The lowest BCUT2D eigenvalue weighted by Crippen LogP contribution is -2.25. The molecule has 0 aliphatic heterocycles. The Kier molecular flexibility index (Phi) is 3.02. The van der Waals surface area contributed by atoms with E-state index in [4.69, 9.17) is 4.74 Å². The highest BCUT2D eigenvalue weighted by Crippen LogP contribution is 2.23. The van der Waals surface area contributed by atoms with Crippen molar-refractivity contribution in [3.63, 3.8) is 0 Å². The molecule has 0 radical (unpaired) electrons. The van der Waals surface area contributed by atoms with E-state index in [0.29, 0.717) is 12.1 Å². The zero-order valence-corrected chi connectivity index (χ0v) is 10.3. The fourth-order valence-corrected chi connectivity index (χ4v) is 2.04. The van der Waals surface area contributed by atoms with Crippen molar-refractivity contribution in [3.05, 3.63) is 77.6 Å². The molecule has 0 atom stereocenters. The number of benzene rings is 2. The zero-order valence-electron chi connectivity index (χ0n) is 10.3. The van der Waals surface area contributed by atoms with Crippen molar-refractivity contribution in [1.82, 2.24) is 0 Å². The Hall–Kier alpha value is -2.55. The molecule has 0 unspecified atom stereocenters.